The Balaban J connectivity index is 2.18. The third kappa shape index (κ3) is 2.76. The van der Waals surface area contributed by atoms with Crippen LogP contribution in [0, 0.1) is 6.92 Å². The maximum Gasteiger partial charge on any atom is 0.255 e. The summed E-state index contributed by atoms with van der Waals surface area (Å²) < 4.78 is 6.94. The van der Waals surface area contributed by atoms with Gasteiger partial charge in [0.15, 0.2) is 0 Å². The lowest BCUT2D eigenvalue weighted by atomic mass is 10.2. The van der Waals surface area contributed by atoms with Crippen molar-refractivity contribution in [2.24, 2.45) is 0 Å². The van der Waals surface area contributed by atoms with Gasteiger partial charge in [-0.1, -0.05) is 6.07 Å². The number of amides is 1. The molecule has 2 aromatic rings. The number of aromatic nitrogens is 2. The molecule has 0 aliphatic heterocycles. The molecule has 1 aromatic heterocycles. The molecule has 5 heteroatoms. The van der Waals surface area contributed by atoms with E-state index < -0.39 is 0 Å². The van der Waals surface area contributed by atoms with Gasteiger partial charge >= 0.3 is 0 Å². The first-order valence-corrected chi connectivity index (χ1v) is 6.13. The third-order valence-electron chi connectivity index (χ3n) is 2.98. The normalized spacial score (nSPS) is 10.3. The van der Waals surface area contributed by atoms with Gasteiger partial charge in [-0.05, 0) is 32.0 Å². The summed E-state index contributed by atoms with van der Waals surface area (Å²) in [5.41, 5.74) is 2.23. The van der Waals surface area contributed by atoms with Gasteiger partial charge in [-0.2, -0.15) is 5.10 Å². The Kier molecular flexibility index (Phi) is 3.85. The lowest BCUT2D eigenvalue weighted by molar-refractivity contribution is 0.102. The number of methoxy groups -OCH3 is 1. The second-order valence-electron chi connectivity index (χ2n) is 4.15. The van der Waals surface area contributed by atoms with Gasteiger partial charge in [0.05, 0.1) is 24.7 Å². The van der Waals surface area contributed by atoms with Crippen LogP contribution in [0.15, 0.2) is 30.5 Å². The summed E-state index contributed by atoms with van der Waals surface area (Å²) in [6, 6.07) is 7.04. The van der Waals surface area contributed by atoms with Gasteiger partial charge in [0.2, 0.25) is 0 Å². The average Bonchev–Trinajstić information content (AvgIpc) is 2.79. The van der Waals surface area contributed by atoms with Crippen LogP contribution in [0.3, 0.4) is 0 Å². The Labute approximate surface area is 112 Å². The minimum absolute atomic E-state index is 0.169. The number of nitrogens with one attached hydrogen (secondary N) is 1. The maximum atomic E-state index is 12.1. The Hall–Kier alpha value is -2.30. The zero-order valence-electron chi connectivity index (χ0n) is 11.3. The number of carbonyl (C=O) groups is 1. The van der Waals surface area contributed by atoms with Gasteiger partial charge in [-0.15, -0.1) is 0 Å². The molecule has 5 nitrogen and oxygen atoms in total. The minimum Gasteiger partial charge on any atom is -0.497 e. The quantitative estimate of drug-likeness (QED) is 0.917. The van der Waals surface area contributed by atoms with E-state index in [1.165, 1.54) is 0 Å². The van der Waals surface area contributed by atoms with Crippen molar-refractivity contribution in [3.05, 3.63) is 41.7 Å². The van der Waals surface area contributed by atoms with Gasteiger partial charge in [0.1, 0.15) is 5.75 Å². The fourth-order valence-electron chi connectivity index (χ4n) is 1.85. The molecule has 0 bridgehead atoms. The lowest BCUT2D eigenvalue weighted by Gasteiger charge is -2.06. The summed E-state index contributed by atoms with van der Waals surface area (Å²) in [4.78, 5) is 12.1. The topological polar surface area (TPSA) is 56.2 Å². The Morgan fingerprint density at radius 1 is 1.47 bits per heavy atom. The van der Waals surface area contributed by atoms with E-state index in [-0.39, 0.29) is 5.91 Å². The number of ether oxygens (including phenoxy) is 1. The summed E-state index contributed by atoms with van der Waals surface area (Å²) >= 11 is 0. The van der Waals surface area contributed by atoms with Crippen LogP contribution in [-0.4, -0.2) is 22.8 Å². The van der Waals surface area contributed by atoms with Crippen molar-refractivity contribution in [2.45, 2.75) is 20.4 Å². The van der Waals surface area contributed by atoms with E-state index in [4.69, 9.17) is 4.74 Å². The molecule has 0 saturated heterocycles. The molecule has 0 unspecified atom stereocenters. The fraction of sp³-hybridized carbons (Fsp3) is 0.286. The molecule has 19 heavy (non-hydrogen) atoms. The van der Waals surface area contributed by atoms with Crippen LogP contribution in [-0.2, 0) is 6.54 Å². The van der Waals surface area contributed by atoms with E-state index >= 15 is 0 Å². The number of hydrogen-bond donors (Lipinski definition) is 1. The SMILES string of the molecule is CCn1ncc(NC(=O)c2cccc(OC)c2)c1C. The summed E-state index contributed by atoms with van der Waals surface area (Å²) in [5.74, 6) is 0.492. The zero-order valence-corrected chi connectivity index (χ0v) is 11.3. The summed E-state index contributed by atoms with van der Waals surface area (Å²) in [7, 11) is 1.58. The van der Waals surface area contributed by atoms with E-state index in [1.807, 2.05) is 18.5 Å². The van der Waals surface area contributed by atoms with E-state index in [9.17, 15) is 4.79 Å². The van der Waals surface area contributed by atoms with Crippen LogP contribution < -0.4 is 10.1 Å². The number of hydrogen-bond acceptors (Lipinski definition) is 3. The molecule has 1 N–H and O–H groups in total. The molecule has 0 saturated carbocycles. The van der Waals surface area contributed by atoms with Crippen LogP contribution in [0.5, 0.6) is 5.75 Å². The number of benzene rings is 1. The zero-order chi connectivity index (χ0) is 13.8. The van der Waals surface area contributed by atoms with E-state index in [0.717, 1.165) is 17.9 Å². The molecule has 0 atom stereocenters. The smallest absolute Gasteiger partial charge is 0.255 e. The largest absolute Gasteiger partial charge is 0.497 e. The molecular formula is C14H17N3O2. The third-order valence-corrected chi connectivity index (χ3v) is 2.98. The van der Waals surface area contributed by atoms with Crippen LogP contribution in [0.4, 0.5) is 5.69 Å². The summed E-state index contributed by atoms with van der Waals surface area (Å²) in [5, 5.41) is 7.05. The second kappa shape index (κ2) is 5.56. The predicted octanol–water partition coefficient (Wildman–Crippen LogP) is 2.47. The lowest BCUT2D eigenvalue weighted by Crippen LogP contribution is -2.12. The highest BCUT2D eigenvalue weighted by molar-refractivity contribution is 6.04. The van der Waals surface area contributed by atoms with Gasteiger partial charge in [0.25, 0.3) is 5.91 Å². The Morgan fingerprint density at radius 3 is 2.89 bits per heavy atom. The van der Waals surface area contributed by atoms with Crippen LogP contribution in [0.1, 0.15) is 23.0 Å². The molecule has 0 aliphatic carbocycles. The average molecular weight is 259 g/mol. The molecule has 2 rings (SSSR count). The van der Waals surface area contributed by atoms with Crippen molar-refractivity contribution in [3.8, 4) is 5.75 Å². The van der Waals surface area contributed by atoms with Gasteiger partial charge in [-0.3, -0.25) is 9.48 Å². The van der Waals surface area contributed by atoms with Crippen molar-refractivity contribution < 1.29 is 9.53 Å². The fourth-order valence-corrected chi connectivity index (χ4v) is 1.85. The maximum absolute atomic E-state index is 12.1. The standard InChI is InChI=1S/C14H17N3O2/c1-4-17-10(2)13(9-15-17)16-14(18)11-6-5-7-12(8-11)19-3/h5-9H,4H2,1-3H3,(H,16,18). The number of nitrogens with zero attached hydrogens (tertiary/aromatic N) is 2. The van der Waals surface area contributed by atoms with Crippen molar-refractivity contribution in [2.75, 3.05) is 12.4 Å². The second-order valence-corrected chi connectivity index (χ2v) is 4.15. The number of carbonyl (C=O) groups excluding carboxylic acids is 1. The van der Waals surface area contributed by atoms with Crippen LogP contribution in [0.25, 0.3) is 0 Å². The molecule has 100 valence electrons. The molecule has 1 amide bonds. The van der Waals surface area contributed by atoms with Gasteiger partial charge in [0, 0.05) is 12.1 Å². The molecule has 1 aromatic carbocycles. The van der Waals surface area contributed by atoms with Crippen molar-refractivity contribution in [3.63, 3.8) is 0 Å². The first-order chi connectivity index (χ1) is 9.15. The number of anilines is 1. The van der Waals surface area contributed by atoms with Gasteiger partial charge in [-0.25, -0.2) is 0 Å². The Morgan fingerprint density at radius 2 is 2.26 bits per heavy atom. The van der Waals surface area contributed by atoms with E-state index in [2.05, 4.69) is 10.4 Å². The Bertz CT molecular complexity index is 590. The predicted molar refractivity (Wildman–Crippen MR) is 73.6 cm³/mol. The van der Waals surface area contributed by atoms with Crippen molar-refractivity contribution in [1.29, 1.82) is 0 Å². The van der Waals surface area contributed by atoms with Crippen molar-refractivity contribution >= 4 is 11.6 Å². The molecule has 0 aliphatic rings. The summed E-state index contributed by atoms with van der Waals surface area (Å²) in [6.45, 7) is 4.71. The molecule has 0 spiro atoms. The van der Waals surface area contributed by atoms with Crippen LogP contribution >= 0.6 is 0 Å². The monoisotopic (exact) mass is 259 g/mol. The molecular weight excluding hydrogens is 242 g/mol. The van der Waals surface area contributed by atoms with E-state index in [1.54, 1.807) is 37.6 Å². The molecule has 0 radical (unpaired) electrons. The van der Waals surface area contributed by atoms with Crippen LogP contribution in [0.2, 0.25) is 0 Å². The van der Waals surface area contributed by atoms with Gasteiger partial charge < -0.3 is 10.1 Å². The van der Waals surface area contributed by atoms with Crippen molar-refractivity contribution in [1.82, 2.24) is 9.78 Å². The summed E-state index contributed by atoms with van der Waals surface area (Å²) in [6.07, 6.45) is 1.66. The highest BCUT2D eigenvalue weighted by Gasteiger charge is 2.11. The molecule has 1 heterocycles. The number of rotatable bonds is 4. The highest BCUT2D eigenvalue weighted by Crippen LogP contribution is 2.17. The highest BCUT2D eigenvalue weighted by atomic mass is 16.5. The minimum atomic E-state index is -0.169. The number of aryl methyl sites for hydroxylation is 1. The first-order valence-electron chi connectivity index (χ1n) is 6.13. The van der Waals surface area contributed by atoms with E-state index in [0.29, 0.717) is 11.3 Å². The first kappa shape index (κ1) is 13.1. The molecule has 0 fully saturated rings.